The highest BCUT2D eigenvalue weighted by Crippen LogP contribution is 2.33. The number of aliphatic imine (C=N–C) groups is 1. The minimum atomic E-state index is 0. The van der Waals surface area contributed by atoms with Gasteiger partial charge in [-0.3, -0.25) is 4.99 Å². The summed E-state index contributed by atoms with van der Waals surface area (Å²) >= 11 is 0. The molecule has 0 amide bonds. The maximum atomic E-state index is 4.64. The van der Waals surface area contributed by atoms with Gasteiger partial charge in [-0.2, -0.15) is 0 Å². The van der Waals surface area contributed by atoms with Gasteiger partial charge in [0.2, 0.25) is 5.96 Å². The normalized spacial score (nSPS) is 14.0. The summed E-state index contributed by atoms with van der Waals surface area (Å²) in [6.45, 7) is 10.6. The number of guanidine groups is 1. The summed E-state index contributed by atoms with van der Waals surface area (Å²) in [5.41, 5.74) is 7.79. The van der Waals surface area contributed by atoms with Crippen LogP contribution in [0.3, 0.4) is 0 Å². The summed E-state index contributed by atoms with van der Waals surface area (Å²) < 4.78 is 0. The Bertz CT molecular complexity index is 665. The molecule has 0 radical (unpaired) electrons. The number of para-hydroxylation sites is 2. The van der Waals surface area contributed by atoms with Crippen LogP contribution in [0.5, 0.6) is 0 Å². The third-order valence-electron chi connectivity index (χ3n) is 4.65. The standard InChI is InChI=1S/C20H25N3.ClH/c1-14-8-6-9-15(2)18(14)22-12-13-23(20(22)21-5)19-16(3)10-7-11-17(19)4;/h6-11H,12-13H2,1-5H3;1H. The third kappa shape index (κ3) is 3.01. The summed E-state index contributed by atoms with van der Waals surface area (Å²) in [4.78, 5) is 9.35. The van der Waals surface area contributed by atoms with Crippen LogP contribution >= 0.6 is 12.4 Å². The van der Waals surface area contributed by atoms with Crippen LogP contribution in [0.25, 0.3) is 0 Å². The van der Waals surface area contributed by atoms with Crippen LogP contribution in [-0.2, 0) is 0 Å². The molecular weight excluding hydrogens is 318 g/mol. The zero-order valence-electron chi connectivity index (χ0n) is 15.1. The van der Waals surface area contributed by atoms with E-state index in [4.69, 9.17) is 0 Å². The summed E-state index contributed by atoms with van der Waals surface area (Å²) in [6, 6.07) is 13.0. The summed E-state index contributed by atoms with van der Waals surface area (Å²) in [5, 5.41) is 0. The SMILES string of the molecule is CN=C1N(c2c(C)cccc2C)CCN1c1c(C)cccc1C.Cl. The number of benzene rings is 2. The van der Waals surface area contributed by atoms with Crippen molar-refractivity contribution in [3.05, 3.63) is 58.7 Å². The van der Waals surface area contributed by atoms with Crippen LogP contribution in [0.1, 0.15) is 22.3 Å². The van der Waals surface area contributed by atoms with Gasteiger partial charge >= 0.3 is 0 Å². The molecule has 128 valence electrons. The molecule has 0 spiro atoms. The molecule has 1 aliphatic heterocycles. The van der Waals surface area contributed by atoms with E-state index in [0.29, 0.717) is 0 Å². The average Bonchev–Trinajstić information content (AvgIpc) is 2.90. The summed E-state index contributed by atoms with van der Waals surface area (Å²) in [7, 11) is 1.89. The van der Waals surface area contributed by atoms with Crippen molar-refractivity contribution < 1.29 is 0 Å². The molecule has 2 aromatic carbocycles. The topological polar surface area (TPSA) is 18.8 Å². The van der Waals surface area contributed by atoms with Gasteiger partial charge in [0, 0.05) is 31.5 Å². The first kappa shape index (κ1) is 18.3. The third-order valence-corrected chi connectivity index (χ3v) is 4.65. The number of halogens is 1. The molecule has 24 heavy (non-hydrogen) atoms. The van der Waals surface area contributed by atoms with Crippen LogP contribution in [-0.4, -0.2) is 26.1 Å². The Labute approximate surface area is 151 Å². The molecule has 0 atom stereocenters. The lowest BCUT2D eigenvalue weighted by Crippen LogP contribution is -2.35. The lowest BCUT2D eigenvalue weighted by molar-refractivity contribution is 1.01. The predicted molar refractivity (Wildman–Crippen MR) is 107 cm³/mol. The van der Waals surface area contributed by atoms with Gasteiger partial charge in [0.15, 0.2) is 0 Å². The van der Waals surface area contributed by atoms with Gasteiger partial charge in [0.1, 0.15) is 0 Å². The van der Waals surface area contributed by atoms with Crippen LogP contribution in [0, 0.1) is 27.7 Å². The molecule has 1 aliphatic rings. The molecule has 0 N–H and O–H groups in total. The van der Waals surface area contributed by atoms with Crippen LogP contribution in [0.4, 0.5) is 11.4 Å². The van der Waals surface area contributed by atoms with E-state index >= 15 is 0 Å². The molecule has 1 fully saturated rings. The molecule has 3 nitrogen and oxygen atoms in total. The highest BCUT2D eigenvalue weighted by atomic mass is 35.5. The van der Waals surface area contributed by atoms with E-state index in [9.17, 15) is 0 Å². The van der Waals surface area contributed by atoms with Crippen LogP contribution in [0.15, 0.2) is 41.4 Å². The van der Waals surface area contributed by atoms with E-state index in [0.717, 1.165) is 19.0 Å². The Morgan fingerprint density at radius 1 is 0.708 bits per heavy atom. The number of anilines is 2. The zero-order chi connectivity index (χ0) is 16.6. The summed E-state index contributed by atoms with van der Waals surface area (Å²) in [5.74, 6) is 1.04. The van der Waals surface area contributed by atoms with Gasteiger partial charge in [-0.15, -0.1) is 12.4 Å². The monoisotopic (exact) mass is 343 g/mol. The van der Waals surface area contributed by atoms with Crippen molar-refractivity contribution in [1.82, 2.24) is 0 Å². The van der Waals surface area contributed by atoms with E-state index in [1.54, 1.807) is 0 Å². The molecule has 1 saturated heterocycles. The first-order valence-electron chi connectivity index (χ1n) is 8.19. The molecule has 0 unspecified atom stereocenters. The predicted octanol–water partition coefficient (Wildman–Crippen LogP) is 4.65. The number of hydrogen-bond donors (Lipinski definition) is 0. The molecule has 3 rings (SSSR count). The Hall–Kier alpha value is -2.00. The van der Waals surface area contributed by atoms with Gasteiger partial charge in [0.25, 0.3) is 0 Å². The van der Waals surface area contributed by atoms with E-state index < -0.39 is 0 Å². The molecule has 0 saturated carbocycles. The smallest absolute Gasteiger partial charge is 0.205 e. The Morgan fingerprint density at radius 3 is 1.33 bits per heavy atom. The van der Waals surface area contributed by atoms with Crippen molar-refractivity contribution in [2.75, 3.05) is 29.9 Å². The first-order valence-corrected chi connectivity index (χ1v) is 8.19. The van der Waals surface area contributed by atoms with Crippen LogP contribution < -0.4 is 9.80 Å². The Kier molecular flexibility index (Phi) is 5.55. The van der Waals surface area contributed by atoms with Gasteiger partial charge in [-0.05, 0) is 49.9 Å². The minimum Gasteiger partial charge on any atom is -0.310 e. The lowest BCUT2D eigenvalue weighted by Gasteiger charge is -2.27. The van der Waals surface area contributed by atoms with Crippen molar-refractivity contribution in [2.24, 2.45) is 4.99 Å². The molecule has 1 heterocycles. The minimum absolute atomic E-state index is 0. The molecule has 0 aromatic heterocycles. The maximum absolute atomic E-state index is 4.64. The van der Waals surface area contributed by atoms with Crippen molar-refractivity contribution in [3.8, 4) is 0 Å². The van der Waals surface area contributed by atoms with Crippen LogP contribution in [0.2, 0.25) is 0 Å². The lowest BCUT2D eigenvalue weighted by atomic mass is 10.1. The second kappa shape index (κ2) is 7.27. The second-order valence-corrected chi connectivity index (χ2v) is 6.31. The quantitative estimate of drug-likeness (QED) is 0.790. The molecule has 2 aromatic rings. The van der Waals surface area contributed by atoms with Crippen molar-refractivity contribution >= 4 is 29.7 Å². The fourth-order valence-corrected chi connectivity index (χ4v) is 3.67. The van der Waals surface area contributed by atoms with Gasteiger partial charge < -0.3 is 9.80 Å². The van der Waals surface area contributed by atoms with Gasteiger partial charge in [-0.1, -0.05) is 36.4 Å². The number of aryl methyl sites for hydroxylation is 4. The van der Waals surface area contributed by atoms with E-state index in [1.165, 1.54) is 33.6 Å². The second-order valence-electron chi connectivity index (χ2n) is 6.31. The molecule has 0 aliphatic carbocycles. The summed E-state index contributed by atoms with van der Waals surface area (Å²) in [6.07, 6.45) is 0. The Balaban J connectivity index is 0.00000208. The van der Waals surface area contributed by atoms with Gasteiger partial charge in [0.05, 0.1) is 0 Å². The highest BCUT2D eigenvalue weighted by Gasteiger charge is 2.31. The highest BCUT2D eigenvalue weighted by molar-refractivity contribution is 6.10. The molecular formula is C20H26ClN3. The maximum Gasteiger partial charge on any atom is 0.205 e. The van der Waals surface area contributed by atoms with E-state index in [1.807, 2.05) is 7.05 Å². The molecule has 0 bridgehead atoms. The first-order chi connectivity index (χ1) is 11.0. The van der Waals surface area contributed by atoms with Gasteiger partial charge in [-0.25, -0.2) is 0 Å². The Morgan fingerprint density at radius 2 is 1.04 bits per heavy atom. The molecule has 4 heteroatoms. The van der Waals surface area contributed by atoms with E-state index in [-0.39, 0.29) is 12.4 Å². The zero-order valence-corrected chi connectivity index (χ0v) is 15.9. The fraction of sp³-hybridized carbons (Fsp3) is 0.350. The van der Waals surface area contributed by atoms with E-state index in [2.05, 4.69) is 78.9 Å². The largest absolute Gasteiger partial charge is 0.310 e. The number of rotatable bonds is 2. The van der Waals surface area contributed by atoms with Crippen molar-refractivity contribution in [3.63, 3.8) is 0 Å². The fourth-order valence-electron chi connectivity index (χ4n) is 3.67. The van der Waals surface area contributed by atoms with Crippen molar-refractivity contribution in [1.29, 1.82) is 0 Å². The number of hydrogen-bond acceptors (Lipinski definition) is 1. The number of nitrogens with zero attached hydrogens (tertiary/aromatic N) is 3. The average molecular weight is 344 g/mol. The van der Waals surface area contributed by atoms with Crippen molar-refractivity contribution in [2.45, 2.75) is 27.7 Å².